The molecule has 0 bridgehead atoms. The number of fused-ring (bicyclic) bond motifs is 1. The third-order valence-electron chi connectivity index (χ3n) is 7.08. The number of carbonyl (C=O) groups is 1. The van der Waals surface area contributed by atoms with Crippen LogP contribution in [0, 0.1) is 12.4 Å². The number of hydrogen-bond donors (Lipinski definition) is 2. The molecule has 44 heavy (non-hydrogen) atoms. The number of aromatic nitrogens is 4. The van der Waals surface area contributed by atoms with Gasteiger partial charge in [0, 0.05) is 67.7 Å². The van der Waals surface area contributed by atoms with E-state index < -0.39 is 23.0 Å². The van der Waals surface area contributed by atoms with Crippen molar-refractivity contribution >= 4 is 28.3 Å². The molecule has 5 aromatic rings. The number of halogens is 1. The van der Waals surface area contributed by atoms with Crippen molar-refractivity contribution in [2.45, 2.75) is 6.92 Å². The zero-order chi connectivity index (χ0) is 29.9. The van der Waals surface area contributed by atoms with E-state index in [-0.39, 0.29) is 29.8 Å². The maximum absolute atomic E-state index is 13.4. The number of carbonyl (C=O) groups excluding carboxylic acids is 1. The van der Waals surface area contributed by atoms with Crippen LogP contribution in [-0.2, 0) is 18.6 Å². The fraction of sp³-hybridized carbons (Fsp3) is 0.161. The van der Waals surface area contributed by atoms with Crippen LogP contribution in [0.1, 0.15) is 17.3 Å². The molecule has 0 atom stereocenters. The van der Waals surface area contributed by atoms with Crippen LogP contribution in [0.25, 0.3) is 16.6 Å². The summed E-state index contributed by atoms with van der Waals surface area (Å²) in [4.78, 5) is 50.4. The Labute approximate surface area is 263 Å². The Hall–Kier alpha value is -4.91. The molecule has 6 rings (SSSR count). The van der Waals surface area contributed by atoms with E-state index in [4.69, 9.17) is 4.74 Å². The quantitative estimate of drug-likeness (QED) is 0.262. The Morgan fingerprint density at radius 3 is 2.45 bits per heavy atom. The Morgan fingerprint density at radius 2 is 1.75 bits per heavy atom. The molecule has 1 aliphatic rings. The molecule has 11 nitrogen and oxygen atoms in total. The topological polar surface area (TPSA) is 123 Å². The molecule has 1 fully saturated rings. The molecular formula is C31H27FN7O4V-. The van der Waals surface area contributed by atoms with Crippen molar-refractivity contribution in [2.24, 2.45) is 0 Å². The molecular weight excluding hydrogens is 604 g/mol. The second kappa shape index (κ2) is 13.2. The minimum Gasteiger partial charge on any atom is -0.457 e. The van der Waals surface area contributed by atoms with Gasteiger partial charge in [0.15, 0.2) is 0 Å². The van der Waals surface area contributed by atoms with Gasteiger partial charge in [-0.2, -0.15) is 0 Å². The van der Waals surface area contributed by atoms with Crippen LogP contribution in [0.3, 0.4) is 0 Å². The van der Waals surface area contributed by atoms with E-state index >= 15 is 0 Å². The molecule has 1 aliphatic heterocycles. The standard InChI is InChI=1S/C31H27FN7O4.V/c1-2-37-19-25(30(41)39(31(37)42)22-7-3-20(32)4-8-22)29(40)36-21-5-9-23(10-6-21)43-27-11-12-34-26-18-35-28(17-24(26)27)38-15-13-33-14-16-38;/h2-12,17-19,33H,13-16H2,1H3,(H,36,40);/q-1;. The van der Waals surface area contributed by atoms with E-state index in [0.29, 0.717) is 22.7 Å². The van der Waals surface area contributed by atoms with E-state index in [1.165, 1.54) is 24.9 Å². The number of amides is 1. The van der Waals surface area contributed by atoms with Crippen LogP contribution in [0.2, 0.25) is 0 Å². The number of pyridine rings is 2. The zero-order valence-electron chi connectivity index (χ0n) is 23.6. The zero-order valence-corrected chi connectivity index (χ0v) is 25.0. The van der Waals surface area contributed by atoms with Gasteiger partial charge >= 0.3 is 0 Å². The largest absolute Gasteiger partial charge is 0.457 e. The summed E-state index contributed by atoms with van der Waals surface area (Å²) >= 11 is 0. The molecule has 223 valence electrons. The summed E-state index contributed by atoms with van der Waals surface area (Å²) in [7, 11) is 0. The first-order valence-electron chi connectivity index (χ1n) is 13.6. The predicted octanol–water partition coefficient (Wildman–Crippen LogP) is 3.56. The van der Waals surface area contributed by atoms with Crippen LogP contribution < -0.4 is 31.5 Å². The SMILES string of the molecule is C[CH-]n1cc(C(=O)Nc2ccc(Oc3ccnc4cnc(N5CCNCC5)cc34)cc2)c(=O)n(-c2ccc(F)cc2)c1=O.[V]. The van der Waals surface area contributed by atoms with E-state index in [9.17, 15) is 18.8 Å². The number of rotatable bonds is 7. The molecule has 0 saturated carbocycles. The second-order valence-electron chi connectivity index (χ2n) is 9.79. The Balaban J connectivity index is 0.00000384. The van der Waals surface area contributed by atoms with Gasteiger partial charge in [-0.1, -0.05) is 13.1 Å². The molecule has 3 aromatic heterocycles. The number of ether oxygens (including phenoxy) is 1. The van der Waals surface area contributed by atoms with E-state index in [2.05, 4.69) is 25.5 Å². The first kappa shape index (κ1) is 30.5. The number of benzene rings is 2. The first-order chi connectivity index (χ1) is 20.9. The van der Waals surface area contributed by atoms with Gasteiger partial charge in [0.1, 0.15) is 23.1 Å². The normalized spacial score (nSPS) is 12.8. The van der Waals surface area contributed by atoms with Crippen molar-refractivity contribution in [2.75, 3.05) is 36.4 Å². The maximum atomic E-state index is 13.4. The molecule has 13 heteroatoms. The molecule has 2 N–H and O–H groups in total. The van der Waals surface area contributed by atoms with Crippen molar-refractivity contribution in [1.82, 2.24) is 24.4 Å². The summed E-state index contributed by atoms with van der Waals surface area (Å²) in [5, 5.41) is 6.86. The van der Waals surface area contributed by atoms with Crippen molar-refractivity contribution in [3.8, 4) is 17.2 Å². The minimum absolute atomic E-state index is 0. The van der Waals surface area contributed by atoms with Gasteiger partial charge in [0.05, 0.1) is 17.3 Å². The van der Waals surface area contributed by atoms with Gasteiger partial charge in [0.2, 0.25) is 17.2 Å². The molecule has 4 heterocycles. The van der Waals surface area contributed by atoms with Crippen LogP contribution in [-0.4, -0.2) is 51.2 Å². The summed E-state index contributed by atoms with van der Waals surface area (Å²) in [5.74, 6) is 0.766. The molecule has 1 radical (unpaired) electrons. The molecule has 0 unspecified atom stereocenters. The second-order valence-corrected chi connectivity index (χ2v) is 9.79. The summed E-state index contributed by atoms with van der Waals surface area (Å²) in [6.07, 6.45) is 4.57. The molecule has 1 amide bonds. The summed E-state index contributed by atoms with van der Waals surface area (Å²) in [6, 6.07) is 15.3. The average Bonchev–Trinajstić information content (AvgIpc) is 3.03. The summed E-state index contributed by atoms with van der Waals surface area (Å²) in [6.45, 7) is 6.53. The van der Waals surface area contributed by atoms with Crippen LogP contribution >= 0.6 is 0 Å². The Kier molecular flexibility index (Phi) is 9.14. The summed E-state index contributed by atoms with van der Waals surface area (Å²) in [5.41, 5.74) is -0.518. The molecule has 0 aliphatic carbocycles. The monoisotopic (exact) mass is 631 g/mol. The van der Waals surface area contributed by atoms with Gasteiger partial charge in [-0.15, -0.1) is 6.54 Å². The van der Waals surface area contributed by atoms with Crippen LogP contribution in [0.15, 0.2) is 88.8 Å². The van der Waals surface area contributed by atoms with Gasteiger partial charge < -0.3 is 29.6 Å². The van der Waals surface area contributed by atoms with E-state index in [1.807, 2.05) is 6.07 Å². The van der Waals surface area contributed by atoms with Gasteiger partial charge in [-0.3, -0.25) is 19.1 Å². The number of nitrogens with zero attached hydrogens (tertiary/aromatic N) is 5. The molecule has 0 spiro atoms. The van der Waals surface area contributed by atoms with E-state index in [1.54, 1.807) is 49.6 Å². The minimum atomic E-state index is -0.827. The van der Waals surface area contributed by atoms with Crippen molar-refractivity contribution in [3.63, 3.8) is 0 Å². The van der Waals surface area contributed by atoms with Gasteiger partial charge in [-0.25, -0.2) is 9.37 Å². The van der Waals surface area contributed by atoms with Crippen molar-refractivity contribution in [1.29, 1.82) is 0 Å². The predicted molar refractivity (Wildman–Crippen MR) is 161 cm³/mol. The number of piperazine rings is 1. The third kappa shape index (κ3) is 6.23. The smallest absolute Gasteiger partial charge is 0.250 e. The number of anilines is 2. The Morgan fingerprint density at radius 1 is 1.02 bits per heavy atom. The fourth-order valence-electron chi connectivity index (χ4n) is 4.83. The van der Waals surface area contributed by atoms with Gasteiger partial charge in [0.25, 0.3) is 0 Å². The number of hydrogen-bond acceptors (Lipinski definition) is 8. The third-order valence-corrected chi connectivity index (χ3v) is 7.08. The van der Waals surface area contributed by atoms with Crippen molar-refractivity contribution < 1.29 is 32.5 Å². The van der Waals surface area contributed by atoms with Gasteiger partial charge in [-0.05, 0) is 60.7 Å². The van der Waals surface area contributed by atoms with E-state index in [0.717, 1.165) is 58.7 Å². The van der Waals surface area contributed by atoms with Crippen LogP contribution in [0.5, 0.6) is 11.5 Å². The van der Waals surface area contributed by atoms with Crippen LogP contribution in [0.4, 0.5) is 15.9 Å². The fourth-order valence-corrected chi connectivity index (χ4v) is 4.83. The molecule has 2 aromatic carbocycles. The first-order valence-corrected chi connectivity index (χ1v) is 13.6. The summed E-state index contributed by atoms with van der Waals surface area (Å²) < 4.78 is 21.6. The maximum Gasteiger partial charge on any atom is 0.250 e. The van der Waals surface area contributed by atoms with Crippen molar-refractivity contribution in [3.05, 3.63) is 118 Å². The Bertz CT molecular complexity index is 1920. The molecule has 1 saturated heterocycles. The average molecular weight is 632 g/mol. The number of nitrogens with one attached hydrogen (secondary N) is 2.